The van der Waals surface area contributed by atoms with Crippen molar-refractivity contribution in [3.05, 3.63) is 58.3 Å². The molecule has 4 rings (SSSR count). The summed E-state index contributed by atoms with van der Waals surface area (Å²) in [5.41, 5.74) is 1.08. The first-order valence-electron chi connectivity index (χ1n) is 7.82. The number of carbonyl (C=O) groups excluding carboxylic acids is 1. The number of aryl methyl sites for hydroxylation is 1. The topological polar surface area (TPSA) is 86.9 Å². The standard InChI is InChI=1S/C17H16N4O4/c1-11-19-21(17(23)13-3-2-6-20(11)13)9-16(22)18-8-12-4-5-14-15(7-12)25-10-24-14/h2-7H,8-10H2,1H3,(H,18,22). The fourth-order valence-corrected chi connectivity index (χ4v) is 2.79. The van der Waals surface area contributed by atoms with Crippen molar-refractivity contribution in [2.45, 2.75) is 20.0 Å². The van der Waals surface area contributed by atoms with E-state index in [1.54, 1.807) is 35.7 Å². The molecule has 1 amide bonds. The van der Waals surface area contributed by atoms with Gasteiger partial charge in [-0.15, -0.1) is 0 Å². The van der Waals surface area contributed by atoms with Crippen molar-refractivity contribution in [3.63, 3.8) is 0 Å². The largest absolute Gasteiger partial charge is 0.454 e. The number of nitrogens with zero attached hydrogens (tertiary/aromatic N) is 3. The third kappa shape index (κ3) is 2.82. The second-order valence-electron chi connectivity index (χ2n) is 5.74. The number of nitrogens with one attached hydrogen (secondary N) is 1. The van der Waals surface area contributed by atoms with Crippen molar-refractivity contribution < 1.29 is 14.3 Å². The molecule has 0 fully saturated rings. The zero-order valence-corrected chi connectivity index (χ0v) is 13.6. The molecule has 0 saturated heterocycles. The van der Waals surface area contributed by atoms with Crippen molar-refractivity contribution in [2.24, 2.45) is 0 Å². The molecule has 0 saturated carbocycles. The van der Waals surface area contributed by atoms with Gasteiger partial charge >= 0.3 is 0 Å². The molecule has 0 atom stereocenters. The number of carbonyl (C=O) groups is 1. The van der Waals surface area contributed by atoms with Gasteiger partial charge in [-0.25, -0.2) is 4.68 Å². The smallest absolute Gasteiger partial charge is 0.291 e. The van der Waals surface area contributed by atoms with Gasteiger partial charge in [0.25, 0.3) is 5.56 Å². The second kappa shape index (κ2) is 5.97. The van der Waals surface area contributed by atoms with Crippen molar-refractivity contribution in [1.29, 1.82) is 0 Å². The maximum Gasteiger partial charge on any atom is 0.291 e. The minimum absolute atomic E-state index is 0.133. The van der Waals surface area contributed by atoms with Crippen LogP contribution in [0.1, 0.15) is 11.4 Å². The van der Waals surface area contributed by atoms with E-state index in [-0.39, 0.29) is 24.8 Å². The quantitative estimate of drug-likeness (QED) is 0.761. The Hall–Kier alpha value is -3.29. The third-order valence-electron chi connectivity index (χ3n) is 4.04. The fourth-order valence-electron chi connectivity index (χ4n) is 2.79. The van der Waals surface area contributed by atoms with Crippen LogP contribution in [0.2, 0.25) is 0 Å². The van der Waals surface area contributed by atoms with Crippen LogP contribution in [0, 0.1) is 6.92 Å². The number of rotatable bonds is 4. The zero-order chi connectivity index (χ0) is 17.4. The van der Waals surface area contributed by atoms with Gasteiger partial charge in [0.2, 0.25) is 12.7 Å². The van der Waals surface area contributed by atoms with Crippen LogP contribution >= 0.6 is 0 Å². The Kier molecular flexibility index (Phi) is 3.64. The van der Waals surface area contributed by atoms with Crippen molar-refractivity contribution in [1.82, 2.24) is 19.5 Å². The van der Waals surface area contributed by atoms with Crippen LogP contribution < -0.4 is 20.3 Å². The highest BCUT2D eigenvalue weighted by atomic mass is 16.7. The molecular weight excluding hydrogens is 324 g/mol. The van der Waals surface area contributed by atoms with E-state index in [1.807, 2.05) is 12.1 Å². The minimum atomic E-state index is -0.297. The van der Waals surface area contributed by atoms with E-state index in [2.05, 4.69) is 10.4 Å². The van der Waals surface area contributed by atoms with Gasteiger partial charge in [-0.3, -0.25) is 14.0 Å². The average Bonchev–Trinajstić information content (AvgIpc) is 3.26. The molecule has 0 unspecified atom stereocenters. The van der Waals surface area contributed by atoms with E-state index in [0.717, 1.165) is 5.56 Å². The zero-order valence-electron chi connectivity index (χ0n) is 13.6. The summed E-state index contributed by atoms with van der Waals surface area (Å²) in [5, 5.41) is 6.97. The van der Waals surface area contributed by atoms with Gasteiger partial charge in [0.05, 0.1) is 0 Å². The first-order valence-corrected chi connectivity index (χ1v) is 7.82. The Morgan fingerprint density at radius 2 is 2.12 bits per heavy atom. The average molecular weight is 340 g/mol. The summed E-state index contributed by atoms with van der Waals surface area (Å²) in [6.45, 7) is 2.19. The Morgan fingerprint density at radius 1 is 1.28 bits per heavy atom. The van der Waals surface area contributed by atoms with Crippen LogP contribution in [0.4, 0.5) is 0 Å². The molecule has 0 spiro atoms. The molecule has 2 aromatic heterocycles. The first kappa shape index (κ1) is 15.3. The number of fused-ring (bicyclic) bond motifs is 2. The monoisotopic (exact) mass is 340 g/mol. The van der Waals surface area contributed by atoms with Crippen LogP contribution in [-0.4, -0.2) is 26.9 Å². The van der Waals surface area contributed by atoms with Crippen molar-refractivity contribution in [3.8, 4) is 11.5 Å². The fraction of sp³-hybridized carbons (Fsp3) is 0.235. The summed E-state index contributed by atoms with van der Waals surface area (Å²) in [5.74, 6) is 1.71. The molecule has 0 bridgehead atoms. The molecule has 3 heterocycles. The summed E-state index contributed by atoms with van der Waals surface area (Å²) in [6.07, 6.45) is 1.77. The Balaban J connectivity index is 1.46. The van der Waals surface area contributed by atoms with Gasteiger partial charge in [0, 0.05) is 12.7 Å². The summed E-state index contributed by atoms with van der Waals surface area (Å²) < 4.78 is 13.4. The molecule has 0 radical (unpaired) electrons. The molecule has 128 valence electrons. The number of hydrogen-bond donors (Lipinski definition) is 1. The Bertz CT molecular complexity index is 1020. The third-order valence-corrected chi connectivity index (χ3v) is 4.04. The molecule has 1 aliphatic heterocycles. The lowest BCUT2D eigenvalue weighted by atomic mass is 10.2. The van der Waals surface area contributed by atoms with E-state index in [9.17, 15) is 9.59 Å². The summed E-state index contributed by atoms with van der Waals surface area (Å²) in [6, 6.07) is 8.96. The number of hydrogen-bond acceptors (Lipinski definition) is 5. The predicted octanol–water partition coefficient (Wildman–Crippen LogP) is 0.850. The van der Waals surface area contributed by atoms with E-state index in [4.69, 9.17) is 9.47 Å². The molecular formula is C17H16N4O4. The minimum Gasteiger partial charge on any atom is -0.454 e. The summed E-state index contributed by atoms with van der Waals surface area (Å²) >= 11 is 0. The highest BCUT2D eigenvalue weighted by molar-refractivity contribution is 5.75. The number of ether oxygens (including phenoxy) is 2. The van der Waals surface area contributed by atoms with Crippen LogP contribution in [-0.2, 0) is 17.9 Å². The predicted molar refractivity (Wildman–Crippen MR) is 88.6 cm³/mol. The molecule has 1 aliphatic rings. The van der Waals surface area contributed by atoms with Gasteiger partial charge in [-0.05, 0) is 36.8 Å². The van der Waals surface area contributed by atoms with Crippen LogP contribution in [0.3, 0.4) is 0 Å². The summed E-state index contributed by atoms with van der Waals surface area (Å²) in [4.78, 5) is 24.5. The molecule has 3 aromatic rings. The number of aromatic nitrogens is 3. The van der Waals surface area contributed by atoms with E-state index in [0.29, 0.717) is 29.4 Å². The van der Waals surface area contributed by atoms with Crippen LogP contribution in [0.15, 0.2) is 41.3 Å². The SMILES string of the molecule is Cc1nn(CC(=O)NCc2ccc3c(c2)OCO3)c(=O)c2cccn12. The lowest BCUT2D eigenvalue weighted by molar-refractivity contribution is -0.122. The maximum atomic E-state index is 12.3. The van der Waals surface area contributed by atoms with E-state index < -0.39 is 0 Å². The molecule has 8 heteroatoms. The highest BCUT2D eigenvalue weighted by Crippen LogP contribution is 2.32. The van der Waals surface area contributed by atoms with Gasteiger partial charge in [0.15, 0.2) is 11.5 Å². The number of benzene rings is 1. The van der Waals surface area contributed by atoms with Crippen molar-refractivity contribution >= 4 is 11.4 Å². The van der Waals surface area contributed by atoms with E-state index >= 15 is 0 Å². The normalized spacial score (nSPS) is 12.5. The summed E-state index contributed by atoms with van der Waals surface area (Å²) in [7, 11) is 0. The Labute approximate surface area is 142 Å². The van der Waals surface area contributed by atoms with Crippen molar-refractivity contribution in [2.75, 3.05) is 6.79 Å². The van der Waals surface area contributed by atoms with Crippen LogP contribution in [0.25, 0.3) is 5.52 Å². The van der Waals surface area contributed by atoms with Gasteiger partial charge in [-0.1, -0.05) is 6.07 Å². The second-order valence-corrected chi connectivity index (χ2v) is 5.74. The molecule has 8 nitrogen and oxygen atoms in total. The van der Waals surface area contributed by atoms with Gasteiger partial charge in [-0.2, -0.15) is 5.10 Å². The molecule has 1 aromatic carbocycles. The molecule has 25 heavy (non-hydrogen) atoms. The number of amides is 1. The van der Waals surface area contributed by atoms with Crippen LogP contribution in [0.5, 0.6) is 11.5 Å². The Morgan fingerprint density at radius 3 is 3.00 bits per heavy atom. The maximum absolute atomic E-state index is 12.3. The lowest BCUT2D eigenvalue weighted by Crippen LogP contribution is -2.34. The molecule has 0 aliphatic carbocycles. The van der Waals surface area contributed by atoms with Gasteiger partial charge < -0.3 is 14.8 Å². The highest BCUT2D eigenvalue weighted by Gasteiger charge is 2.14. The van der Waals surface area contributed by atoms with Gasteiger partial charge in [0.1, 0.15) is 17.9 Å². The molecule has 1 N–H and O–H groups in total. The van der Waals surface area contributed by atoms with E-state index in [1.165, 1.54) is 4.68 Å². The lowest BCUT2D eigenvalue weighted by Gasteiger charge is -2.09. The first-order chi connectivity index (χ1) is 12.1.